The molecule has 3 heteroatoms. The molecule has 0 heterocycles. The van der Waals surface area contributed by atoms with Crippen LogP contribution >= 0.6 is 0 Å². The number of amides is 1. The lowest BCUT2D eigenvalue weighted by molar-refractivity contribution is -0.118. The highest BCUT2D eigenvalue weighted by Crippen LogP contribution is 2.43. The molecule has 2 aromatic carbocycles. The molecule has 1 unspecified atom stereocenters. The Morgan fingerprint density at radius 1 is 1.10 bits per heavy atom. The second-order valence-corrected chi connectivity index (χ2v) is 5.23. The Balaban J connectivity index is 1.80. The van der Waals surface area contributed by atoms with Gasteiger partial charge in [0.2, 0.25) is 5.91 Å². The number of benzene rings is 2. The van der Waals surface area contributed by atoms with Crippen molar-refractivity contribution in [3.05, 3.63) is 66.0 Å². The van der Waals surface area contributed by atoms with Crippen LogP contribution in [-0.2, 0) is 4.79 Å². The van der Waals surface area contributed by atoms with Gasteiger partial charge in [0, 0.05) is 5.69 Å². The molecule has 0 aliphatic heterocycles. The Hall–Kier alpha value is -2.16. The average molecular weight is 269 g/mol. The fourth-order valence-corrected chi connectivity index (χ4v) is 2.51. The summed E-state index contributed by atoms with van der Waals surface area (Å²) in [6.07, 6.45) is 2.16. The highest BCUT2D eigenvalue weighted by molar-refractivity contribution is 5.96. The Bertz CT molecular complexity index is 607. The van der Waals surface area contributed by atoms with Crippen molar-refractivity contribution in [3.8, 4) is 0 Å². The molecule has 2 aromatic rings. The molecule has 1 saturated carbocycles. The van der Waals surface area contributed by atoms with E-state index in [-0.39, 0.29) is 17.6 Å². The average Bonchev–Trinajstić information content (AvgIpc) is 3.25. The third kappa shape index (κ3) is 2.87. The summed E-state index contributed by atoms with van der Waals surface area (Å²) in [5, 5.41) is 2.82. The molecular weight excluding hydrogens is 253 g/mol. The molecule has 1 fully saturated rings. The molecule has 1 aliphatic rings. The van der Waals surface area contributed by atoms with E-state index in [1.54, 1.807) is 12.1 Å². The van der Waals surface area contributed by atoms with Crippen molar-refractivity contribution in [1.29, 1.82) is 0 Å². The largest absolute Gasteiger partial charge is 0.325 e. The van der Waals surface area contributed by atoms with Crippen LogP contribution in [0.25, 0.3) is 0 Å². The van der Waals surface area contributed by atoms with Crippen LogP contribution in [0.3, 0.4) is 0 Å². The zero-order valence-electron chi connectivity index (χ0n) is 11.1. The number of rotatable bonds is 4. The molecule has 0 aromatic heterocycles. The van der Waals surface area contributed by atoms with E-state index >= 15 is 0 Å². The lowest BCUT2D eigenvalue weighted by atomic mass is 9.93. The van der Waals surface area contributed by atoms with Gasteiger partial charge in [0.15, 0.2) is 0 Å². The lowest BCUT2D eigenvalue weighted by Crippen LogP contribution is -2.22. The first-order valence-corrected chi connectivity index (χ1v) is 6.85. The second-order valence-electron chi connectivity index (χ2n) is 5.23. The summed E-state index contributed by atoms with van der Waals surface area (Å²) < 4.78 is 13.2. The van der Waals surface area contributed by atoms with Gasteiger partial charge in [0.05, 0.1) is 5.92 Å². The SMILES string of the molecule is O=C(Nc1cccc(F)c1)C(c1ccccc1)C1CC1. The minimum atomic E-state index is -0.342. The van der Waals surface area contributed by atoms with Crippen molar-refractivity contribution in [2.24, 2.45) is 5.92 Å². The maximum absolute atomic E-state index is 13.2. The van der Waals surface area contributed by atoms with E-state index in [2.05, 4.69) is 5.32 Å². The number of carbonyl (C=O) groups is 1. The van der Waals surface area contributed by atoms with Crippen LogP contribution in [0.1, 0.15) is 24.3 Å². The molecule has 1 N–H and O–H groups in total. The van der Waals surface area contributed by atoms with Crippen LogP contribution in [0.5, 0.6) is 0 Å². The van der Waals surface area contributed by atoms with Gasteiger partial charge in [-0.2, -0.15) is 0 Å². The normalized spacial score (nSPS) is 15.7. The topological polar surface area (TPSA) is 29.1 Å². The van der Waals surface area contributed by atoms with Crippen molar-refractivity contribution in [1.82, 2.24) is 0 Å². The number of hydrogen-bond acceptors (Lipinski definition) is 1. The molecule has 3 rings (SSSR count). The van der Waals surface area contributed by atoms with Gasteiger partial charge in [-0.1, -0.05) is 36.4 Å². The van der Waals surface area contributed by atoms with Gasteiger partial charge in [-0.3, -0.25) is 4.79 Å². The summed E-state index contributed by atoms with van der Waals surface area (Å²) >= 11 is 0. The highest BCUT2D eigenvalue weighted by atomic mass is 19.1. The molecule has 0 saturated heterocycles. The molecule has 0 radical (unpaired) electrons. The first-order valence-electron chi connectivity index (χ1n) is 6.85. The predicted molar refractivity (Wildman–Crippen MR) is 76.9 cm³/mol. The monoisotopic (exact) mass is 269 g/mol. The highest BCUT2D eigenvalue weighted by Gasteiger charge is 2.37. The van der Waals surface area contributed by atoms with Gasteiger partial charge >= 0.3 is 0 Å². The van der Waals surface area contributed by atoms with Crippen molar-refractivity contribution in [3.63, 3.8) is 0 Å². The minimum Gasteiger partial charge on any atom is -0.325 e. The molecular formula is C17H16FNO. The standard InChI is InChI=1S/C17H16FNO/c18-14-7-4-8-15(11-14)19-17(20)16(13-9-10-13)12-5-2-1-3-6-12/h1-8,11,13,16H,9-10H2,(H,19,20). The summed E-state index contributed by atoms with van der Waals surface area (Å²) in [5.41, 5.74) is 1.54. The number of anilines is 1. The summed E-state index contributed by atoms with van der Waals surface area (Å²) in [6, 6.07) is 15.8. The minimum absolute atomic E-state index is 0.0516. The van der Waals surface area contributed by atoms with Crippen molar-refractivity contribution in [2.45, 2.75) is 18.8 Å². The first kappa shape index (κ1) is 12.9. The number of halogens is 1. The summed E-state index contributed by atoms with van der Waals surface area (Å²) in [5.74, 6) is -0.125. The van der Waals surface area contributed by atoms with E-state index in [0.29, 0.717) is 11.6 Å². The van der Waals surface area contributed by atoms with Gasteiger partial charge in [-0.15, -0.1) is 0 Å². The molecule has 20 heavy (non-hydrogen) atoms. The fourth-order valence-electron chi connectivity index (χ4n) is 2.51. The Morgan fingerprint density at radius 3 is 2.50 bits per heavy atom. The van der Waals surface area contributed by atoms with Crippen LogP contribution in [0.15, 0.2) is 54.6 Å². The van der Waals surface area contributed by atoms with Gasteiger partial charge in [0.25, 0.3) is 0 Å². The van der Waals surface area contributed by atoms with Crippen LogP contribution in [-0.4, -0.2) is 5.91 Å². The van der Waals surface area contributed by atoms with Gasteiger partial charge in [-0.25, -0.2) is 4.39 Å². The summed E-state index contributed by atoms with van der Waals surface area (Å²) in [7, 11) is 0. The van der Waals surface area contributed by atoms with E-state index in [9.17, 15) is 9.18 Å². The van der Waals surface area contributed by atoms with Gasteiger partial charge < -0.3 is 5.32 Å². The van der Waals surface area contributed by atoms with Gasteiger partial charge in [0.1, 0.15) is 5.82 Å². The number of carbonyl (C=O) groups excluding carboxylic acids is 1. The first-order chi connectivity index (χ1) is 9.74. The summed E-state index contributed by atoms with van der Waals surface area (Å²) in [4.78, 5) is 12.5. The fraction of sp³-hybridized carbons (Fsp3) is 0.235. The number of nitrogens with one attached hydrogen (secondary N) is 1. The van der Waals surface area contributed by atoms with Crippen molar-refractivity contribution in [2.75, 3.05) is 5.32 Å². The van der Waals surface area contributed by atoms with Crippen molar-refractivity contribution < 1.29 is 9.18 Å². The molecule has 1 aliphatic carbocycles. The molecule has 0 spiro atoms. The van der Waals surface area contributed by atoms with E-state index < -0.39 is 0 Å². The van der Waals surface area contributed by atoms with Crippen LogP contribution < -0.4 is 5.32 Å². The molecule has 2 nitrogen and oxygen atoms in total. The smallest absolute Gasteiger partial charge is 0.232 e. The Labute approximate surface area is 117 Å². The third-order valence-corrected chi connectivity index (χ3v) is 3.63. The van der Waals surface area contributed by atoms with Crippen molar-refractivity contribution >= 4 is 11.6 Å². The van der Waals surface area contributed by atoms with Gasteiger partial charge in [-0.05, 0) is 42.5 Å². The lowest BCUT2D eigenvalue weighted by Gasteiger charge is -2.16. The van der Waals surface area contributed by atoms with E-state index in [1.807, 2.05) is 30.3 Å². The molecule has 1 atom stereocenters. The van der Waals surface area contributed by atoms with E-state index in [4.69, 9.17) is 0 Å². The predicted octanol–water partition coefficient (Wildman–Crippen LogP) is 3.96. The van der Waals surface area contributed by atoms with E-state index in [1.165, 1.54) is 12.1 Å². The molecule has 1 amide bonds. The summed E-state index contributed by atoms with van der Waals surface area (Å²) in [6.45, 7) is 0. The Morgan fingerprint density at radius 2 is 1.85 bits per heavy atom. The number of hydrogen-bond donors (Lipinski definition) is 1. The second kappa shape index (κ2) is 5.45. The molecule has 0 bridgehead atoms. The zero-order valence-corrected chi connectivity index (χ0v) is 11.1. The Kier molecular flexibility index (Phi) is 3.50. The maximum Gasteiger partial charge on any atom is 0.232 e. The molecule has 102 valence electrons. The quantitative estimate of drug-likeness (QED) is 0.894. The maximum atomic E-state index is 13.2. The zero-order chi connectivity index (χ0) is 13.9. The van der Waals surface area contributed by atoms with Crippen LogP contribution in [0.4, 0.5) is 10.1 Å². The third-order valence-electron chi connectivity index (χ3n) is 3.63. The van der Waals surface area contributed by atoms with Crippen LogP contribution in [0.2, 0.25) is 0 Å². The van der Waals surface area contributed by atoms with Crippen LogP contribution in [0, 0.1) is 11.7 Å². The van der Waals surface area contributed by atoms with E-state index in [0.717, 1.165) is 18.4 Å².